The molecule has 0 radical (unpaired) electrons. The molecule has 7 heteroatoms. The van der Waals surface area contributed by atoms with Crippen molar-refractivity contribution in [3.05, 3.63) is 12.0 Å². The lowest BCUT2D eigenvalue weighted by Crippen LogP contribution is -2.41. The van der Waals surface area contributed by atoms with Crippen LogP contribution in [0.3, 0.4) is 0 Å². The number of imidazole rings is 1. The van der Waals surface area contributed by atoms with E-state index in [1.807, 2.05) is 62.3 Å². The number of aromatic nitrogens is 2. The van der Waals surface area contributed by atoms with E-state index >= 15 is 0 Å². The van der Waals surface area contributed by atoms with Crippen molar-refractivity contribution in [3.63, 3.8) is 0 Å². The fourth-order valence-electron chi connectivity index (χ4n) is 2.36. The molecule has 1 aliphatic heterocycles. The smallest absolute Gasteiger partial charge is 0.443 e. The Morgan fingerprint density at radius 3 is 2.12 bits per heavy atom. The summed E-state index contributed by atoms with van der Waals surface area (Å²) in [6, 6.07) is 0. The Hall–Kier alpha value is -1.34. The summed E-state index contributed by atoms with van der Waals surface area (Å²) in [6.07, 6.45) is 1.22. The average Bonchev–Trinajstić information content (AvgIpc) is 2.87. The van der Waals surface area contributed by atoms with Crippen molar-refractivity contribution in [1.82, 2.24) is 9.55 Å². The highest BCUT2D eigenvalue weighted by Crippen LogP contribution is 2.36. The van der Waals surface area contributed by atoms with Gasteiger partial charge in [0.2, 0.25) is 0 Å². The number of rotatable bonds is 2. The molecule has 24 heavy (non-hydrogen) atoms. The topological polar surface area (TPSA) is 62.6 Å². The molecule has 0 N–H and O–H groups in total. The van der Waals surface area contributed by atoms with Gasteiger partial charge in [-0.05, 0) is 48.5 Å². The monoisotopic (exact) mass is 336 g/mol. The van der Waals surface area contributed by atoms with Gasteiger partial charge in [-0.2, -0.15) is 0 Å². The van der Waals surface area contributed by atoms with Gasteiger partial charge in [0.15, 0.2) is 0 Å². The number of hydrogen-bond donors (Lipinski definition) is 0. The van der Waals surface area contributed by atoms with E-state index in [1.54, 1.807) is 6.20 Å². The second-order valence-electron chi connectivity index (χ2n) is 8.62. The number of nitrogens with zero attached hydrogens (tertiary/aromatic N) is 2. The normalized spacial score (nSPS) is 19.8. The van der Waals surface area contributed by atoms with E-state index in [1.165, 1.54) is 4.57 Å². The lowest BCUT2D eigenvalue weighted by molar-refractivity contribution is 0.00578. The van der Waals surface area contributed by atoms with E-state index in [2.05, 4.69) is 4.98 Å². The Labute approximate surface area is 145 Å². The molecule has 6 nitrogen and oxygen atoms in total. The summed E-state index contributed by atoms with van der Waals surface area (Å²) in [4.78, 5) is 17.1. The Morgan fingerprint density at radius 1 is 1.21 bits per heavy atom. The predicted molar refractivity (Wildman–Crippen MR) is 93.7 cm³/mol. The third-order valence-electron chi connectivity index (χ3n) is 4.35. The molecule has 0 saturated carbocycles. The molecule has 0 unspecified atom stereocenters. The summed E-state index contributed by atoms with van der Waals surface area (Å²) in [7, 11) is -0.601. The Balaban J connectivity index is 2.35. The van der Waals surface area contributed by atoms with Crippen LogP contribution in [0.15, 0.2) is 6.20 Å². The van der Waals surface area contributed by atoms with Crippen LogP contribution in [-0.2, 0) is 14.0 Å². The summed E-state index contributed by atoms with van der Waals surface area (Å²) < 4.78 is 19.0. The van der Waals surface area contributed by atoms with E-state index in [0.717, 1.165) is 0 Å². The summed E-state index contributed by atoms with van der Waals surface area (Å²) in [5, 5.41) is 0. The summed E-state index contributed by atoms with van der Waals surface area (Å²) in [6.45, 7) is 17.4. The molecule has 2 rings (SSSR count). The second-order valence-corrected chi connectivity index (χ2v) is 8.62. The zero-order valence-corrected chi connectivity index (χ0v) is 16.3. The van der Waals surface area contributed by atoms with Crippen molar-refractivity contribution >= 4 is 18.8 Å². The number of hydrogen-bond acceptors (Lipinski definition) is 5. The lowest BCUT2D eigenvalue weighted by Gasteiger charge is -2.32. The molecular formula is C17H29BN2O4. The van der Waals surface area contributed by atoms with Gasteiger partial charge in [-0.15, -0.1) is 0 Å². The highest BCUT2D eigenvalue weighted by Gasteiger charge is 2.53. The van der Waals surface area contributed by atoms with E-state index < -0.39 is 30.0 Å². The van der Waals surface area contributed by atoms with Crippen molar-refractivity contribution in [2.45, 2.75) is 85.0 Å². The fourth-order valence-corrected chi connectivity index (χ4v) is 2.36. The minimum absolute atomic E-state index is 0.0636. The van der Waals surface area contributed by atoms with E-state index in [4.69, 9.17) is 14.0 Å². The van der Waals surface area contributed by atoms with Crippen molar-refractivity contribution in [3.8, 4) is 0 Å². The maximum Gasteiger partial charge on any atom is 0.516 e. The highest BCUT2D eigenvalue weighted by atomic mass is 16.7. The standard InChI is InChI=1S/C17H29BN2O4/c1-11(2)13-19-12(10-20(13)14(21)22-15(3,4)5)18-23-16(6,7)17(8,9)24-18/h10-11H,1-9H3. The maximum atomic E-state index is 12.5. The van der Waals surface area contributed by atoms with E-state index in [-0.39, 0.29) is 5.92 Å². The second kappa shape index (κ2) is 5.88. The number of carbonyl (C=O) groups is 1. The molecule has 0 bridgehead atoms. The van der Waals surface area contributed by atoms with Crippen LogP contribution in [0.5, 0.6) is 0 Å². The molecule has 1 aromatic rings. The van der Waals surface area contributed by atoms with Gasteiger partial charge in [0.25, 0.3) is 0 Å². The lowest BCUT2D eigenvalue weighted by atomic mass is 9.86. The minimum atomic E-state index is -0.601. The molecule has 0 amide bonds. The SMILES string of the molecule is CC(C)c1nc(B2OC(C)(C)C(C)(C)O2)cn1C(=O)OC(C)(C)C. The van der Waals surface area contributed by atoms with Gasteiger partial charge in [-0.1, -0.05) is 13.8 Å². The van der Waals surface area contributed by atoms with Crippen LogP contribution in [0.25, 0.3) is 0 Å². The third-order valence-corrected chi connectivity index (χ3v) is 4.35. The maximum absolute atomic E-state index is 12.5. The molecule has 1 aliphatic rings. The molecule has 1 saturated heterocycles. The predicted octanol–water partition coefficient (Wildman–Crippen LogP) is 3.09. The molecule has 0 atom stereocenters. The van der Waals surface area contributed by atoms with Crippen molar-refractivity contribution < 1.29 is 18.8 Å². The first-order valence-corrected chi connectivity index (χ1v) is 8.42. The quantitative estimate of drug-likeness (QED) is 0.777. The van der Waals surface area contributed by atoms with Crippen LogP contribution >= 0.6 is 0 Å². The van der Waals surface area contributed by atoms with Crippen LogP contribution in [-0.4, -0.2) is 39.6 Å². The largest absolute Gasteiger partial charge is 0.516 e. The molecule has 0 aromatic carbocycles. The summed E-state index contributed by atoms with van der Waals surface area (Å²) in [5.74, 6) is 0.697. The molecule has 2 heterocycles. The van der Waals surface area contributed by atoms with Crippen LogP contribution in [0.1, 0.15) is 74.1 Å². The molecule has 0 aliphatic carbocycles. The molecule has 1 aromatic heterocycles. The number of carbonyl (C=O) groups excluding carboxylic acids is 1. The van der Waals surface area contributed by atoms with Gasteiger partial charge in [-0.3, -0.25) is 0 Å². The van der Waals surface area contributed by atoms with Gasteiger partial charge < -0.3 is 14.0 Å². The van der Waals surface area contributed by atoms with Crippen LogP contribution in [0.2, 0.25) is 0 Å². The first kappa shape index (κ1) is 19.0. The third kappa shape index (κ3) is 3.67. The van der Waals surface area contributed by atoms with E-state index in [9.17, 15) is 4.79 Å². The Morgan fingerprint density at radius 2 is 1.71 bits per heavy atom. The van der Waals surface area contributed by atoms with Gasteiger partial charge in [0, 0.05) is 12.1 Å². The Kier molecular flexibility index (Phi) is 4.65. The highest BCUT2D eigenvalue weighted by molar-refractivity contribution is 6.61. The first-order chi connectivity index (χ1) is 10.7. The minimum Gasteiger partial charge on any atom is -0.443 e. The summed E-state index contributed by atoms with van der Waals surface area (Å²) in [5.41, 5.74) is -0.889. The zero-order chi connectivity index (χ0) is 18.5. The van der Waals surface area contributed by atoms with Crippen LogP contribution in [0, 0.1) is 0 Å². The van der Waals surface area contributed by atoms with Gasteiger partial charge in [0.05, 0.1) is 16.8 Å². The first-order valence-electron chi connectivity index (χ1n) is 8.42. The fraction of sp³-hybridized carbons (Fsp3) is 0.765. The average molecular weight is 336 g/mol. The van der Waals surface area contributed by atoms with Gasteiger partial charge in [0.1, 0.15) is 11.4 Å². The van der Waals surface area contributed by atoms with Crippen molar-refractivity contribution in [1.29, 1.82) is 0 Å². The summed E-state index contributed by atoms with van der Waals surface area (Å²) >= 11 is 0. The zero-order valence-electron chi connectivity index (χ0n) is 16.3. The van der Waals surface area contributed by atoms with Crippen LogP contribution < -0.4 is 5.59 Å². The molecular weight excluding hydrogens is 307 g/mol. The Bertz CT molecular complexity index is 613. The van der Waals surface area contributed by atoms with Gasteiger partial charge in [-0.25, -0.2) is 14.3 Å². The van der Waals surface area contributed by atoms with Crippen molar-refractivity contribution in [2.24, 2.45) is 0 Å². The van der Waals surface area contributed by atoms with E-state index in [0.29, 0.717) is 11.4 Å². The molecule has 1 fully saturated rings. The number of ether oxygens (including phenoxy) is 1. The van der Waals surface area contributed by atoms with Crippen molar-refractivity contribution in [2.75, 3.05) is 0 Å². The molecule has 0 spiro atoms. The van der Waals surface area contributed by atoms with Gasteiger partial charge >= 0.3 is 13.2 Å². The molecule has 134 valence electrons. The van der Waals surface area contributed by atoms with Crippen LogP contribution in [0.4, 0.5) is 4.79 Å².